The Morgan fingerprint density at radius 3 is 1.18 bits per heavy atom. The second-order valence-electron chi connectivity index (χ2n) is 4.16. The number of rotatable bonds is 4. The van der Waals surface area contributed by atoms with Gasteiger partial charge in [0.25, 0.3) is 0 Å². The molecule has 2 N–H and O–H groups in total. The van der Waals surface area contributed by atoms with E-state index in [0.29, 0.717) is 0 Å². The molecule has 0 aromatic heterocycles. The number of hydrogen-bond acceptors (Lipinski definition) is 4. The number of hydrogen-bond donors (Lipinski definition) is 2. The minimum absolute atomic E-state index is 0. The Morgan fingerprint density at radius 2 is 0.955 bits per heavy atom. The third kappa shape index (κ3) is 3.58. The van der Waals surface area contributed by atoms with Crippen LogP contribution in [0.15, 0.2) is 58.3 Å². The van der Waals surface area contributed by atoms with Gasteiger partial charge in [0.15, 0.2) is 0 Å². The molecule has 8 heteroatoms. The van der Waals surface area contributed by atoms with Crippen LogP contribution in [0.4, 0.5) is 0 Å². The van der Waals surface area contributed by atoms with Crippen LogP contribution in [0.2, 0.25) is 0 Å². The zero-order valence-electron chi connectivity index (χ0n) is 11.3. The van der Waals surface area contributed by atoms with Gasteiger partial charge in [0.05, 0.1) is 20.9 Å². The van der Waals surface area contributed by atoms with E-state index in [1.807, 2.05) is 0 Å². The predicted molar refractivity (Wildman–Crippen MR) is 72.3 cm³/mol. The first kappa shape index (κ1) is 18.0. The molecule has 0 fully saturated rings. The van der Waals surface area contributed by atoms with Gasteiger partial charge in [0.2, 0.25) is 9.84 Å². The smallest absolute Gasteiger partial charge is 0.335 e. The first-order valence-corrected chi connectivity index (χ1v) is 7.22. The van der Waals surface area contributed by atoms with E-state index in [1.165, 1.54) is 48.5 Å². The van der Waals surface area contributed by atoms with Crippen molar-refractivity contribution in [3.05, 3.63) is 59.7 Å². The fourth-order valence-electron chi connectivity index (χ4n) is 1.69. The zero-order valence-corrected chi connectivity index (χ0v) is 15.0. The summed E-state index contributed by atoms with van der Waals surface area (Å²) in [4.78, 5) is 21.3. The molecule has 6 nitrogen and oxygen atoms in total. The van der Waals surface area contributed by atoms with Crippen molar-refractivity contribution >= 4 is 21.8 Å². The minimum atomic E-state index is -3.81. The average molecular weight is 372 g/mol. The molecule has 0 amide bonds. The number of carbonyl (C=O) groups is 2. The first-order valence-electron chi connectivity index (χ1n) is 5.74. The maximum atomic E-state index is 12.3. The van der Waals surface area contributed by atoms with E-state index >= 15 is 0 Å². The summed E-state index contributed by atoms with van der Waals surface area (Å²) >= 11 is 0. The van der Waals surface area contributed by atoms with Crippen LogP contribution in [0.25, 0.3) is 0 Å². The van der Waals surface area contributed by atoms with E-state index in [-0.39, 0.29) is 40.4 Å². The van der Waals surface area contributed by atoms with Gasteiger partial charge in [-0.3, -0.25) is 0 Å². The predicted octanol–water partition coefficient (Wildman–Crippen LogP) is 1.91. The van der Waals surface area contributed by atoms with Gasteiger partial charge in [-0.1, -0.05) is 0 Å². The summed E-state index contributed by atoms with van der Waals surface area (Å²) in [6.07, 6.45) is 0. The fourth-order valence-corrected chi connectivity index (χ4v) is 2.95. The van der Waals surface area contributed by atoms with Crippen LogP contribution in [0.3, 0.4) is 0 Å². The van der Waals surface area contributed by atoms with Crippen molar-refractivity contribution in [2.75, 3.05) is 0 Å². The summed E-state index contributed by atoms with van der Waals surface area (Å²) in [6.45, 7) is 0. The van der Waals surface area contributed by atoms with Gasteiger partial charge >= 0.3 is 11.9 Å². The molecule has 110 valence electrons. The molecule has 0 heterocycles. The second kappa shape index (κ2) is 6.81. The number of aromatic carboxylic acids is 2. The maximum Gasteiger partial charge on any atom is 0.335 e. The van der Waals surface area contributed by atoms with E-state index in [1.54, 1.807) is 0 Å². The van der Waals surface area contributed by atoms with Crippen LogP contribution < -0.4 is 0 Å². The summed E-state index contributed by atoms with van der Waals surface area (Å²) in [7, 11) is -3.81. The van der Waals surface area contributed by atoms with Gasteiger partial charge in [-0.2, -0.15) is 0 Å². The van der Waals surface area contributed by atoms with Crippen LogP contribution in [0, 0.1) is 0 Å². The summed E-state index contributed by atoms with van der Waals surface area (Å²) in [5.74, 6) is -2.30. The van der Waals surface area contributed by atoms with Gasteiger partial charge in [-0.05, 0) is 48.5 Å². The first-order chi connectivity index (χ1) is 9.82. The number of carboxylic acids is 2. The SMILES string of the molecule is O=C(O)c1ccc(S(=O)(=O)c2ccc(C(=O)O)cc2)cc1.[Zn]. The summed E-state index contributed by atoms with van der Waals surface area (Å²) in [6, 6.07) is 9.57. The fraction of sp³-hybridized carbons (Fsp3) is 0. The number of carboxylic acid groups (broad SMARTS) is 2. The number of sulfone groups is 1. The van der Waals surface area contributed by atoms with Crippen molar-refractivity contribution in [3.63, 3.8) is 0 Å². The topological polar surface area (TPSA) is 109 Å². The van der Waals surface area contributed by atoms with Crippen LogP contribution in [0.5, 0.6) is 0 Å². The Balaban J connectivity index is 0.00000242. The van der Waals surface area contributed by atoms with Gasteiger partial charge in [-0.25, -0.2) is 18.0 Å². The van der Waals surface area contributed by atoms with Crippen molar-refractivity contribution in [3.8, 4) is 0 Å². The zero-order chi connectivity index (χ0) is 15.6. The molecule has 0 bridgehead atoms. The van der Waals surface area contributed by atoms with Crippen LogP contribution in [-0.4, -0.2) is 30.6 Å². The molecule has 0 aliphatic rings. The Bertz CT molecular complexity index is 731. The van der Waals surface area contributed by atoms with Crippen molar-refractivity contribution in [1.82, 2.24) is 0 Å². The van der Waals surface area contributed by atoms with Crippen LogP contribution in [-0.2, 0) is 29.3 Å². The van der Waals surface area contributed by atoms with Crippen LogP contribution >= 0.6 is 0 Å². The molecular formula is C14H10O6SZn. The molecule has 0 radical (unpaired) electrons. The molecule has 0 aliphatic heterocycles. The molecule has 0 unspecified atom stereocenters. The molecular weight excluding hydrogens is 362 g/mol. The van der Waals surface area contributed by atoms with Gasteiger partial charge in [-0.15, -0.1) is 0 Å². The molecule has 0 saturated carbocycles. The molecule has 2 aromatic rings. The Morgan fingerprint density at radius 1 is 0.682 bits per heavy atom. The largest absolute Gasteiger partial charge is 0.478 e. The second-order valence-corrected chi connectivity index (χ2v) is 6.11. The van der Waals surface area contributed by atoms with Crippen molar-refractivity contribution in [2.24, 2.45) is 0 Å². The van der Waals surface area contributed by atoms with E-state index < -0.39 is 21.8 Å². The standard InChI is InChI=1S/C14H10O6S.Zn/c15-13(16)9-1-5-11(6-2-9)21(19,20)12-7-3-10(4-8-12)14(17)18;/h1-8H,(H,15,16)(H,17,18);. The third-order valence-corrected chi connectivity index (χ3v) is 4.61. The molecule has 0 atom stereocenters. The maximum absolute atomic E-state index is 12.3. The van der Waals surface area contributed by atoms with Crippen molar-refractivity contribution in [1.29, 1.82) is 0 Å². The molecule has 0 spiro atoms. The monoisotopic (exact) mass is 370 g/mol. The Hall–Kier alpha value is -2.05. The van der Waals surface area contributed by atoms with Gasteiger partial charge in [0, 0.05) is 19.5 Å². The Kier molecular flexibility index (Phi) is 5.57. The summed E-state index contributed by atoms with van der Waals surface area (Å²) in [5, 5.41) is 17.5. The minimum Gasteiger partial charge on any atom is -0.478 e. The average Bonchev–Trinajstić information content (AvgIpc) is 2.47. The summed E-state index contributed by atoms with van der Waals surface area (Å²) < 4.78 is 24.6. The van der Waals surface area contributed by atoms with E-state index in [2.05, 4.69) is 0 Å². The molecule has 22 heavy (non-hydrogen) atoms. The van der Waals surface area contributed by atoms with E-state index in [4.69, 9.17) is 10.2 Å². The van der Waals surface area contributed by atoms with E-state index in [0.717, 1.165) is 0 Å². The molecule has 2 rings (SSSR count). The normalized spacial score (nSPS) is 10.5. The molecule has 2 aromatic carbocycles. The van der Waals surface area contributed by atoms with Crippen LogP contribution in [0.1, 0.15) is 20.7 Å². The summed E-state index contributed by atoms with van der Waals surface area (Å²) in [5.41, 5.74) is -0.0367. The van der Waals surface area contributed by atoms with Crippen molar-refractivity contribution in [2.45, 2.75) is 9.79 Å². The Labute approximate surface area is 139 Å². The van der Waals surface area contributed by atoms with Crippen molar-refractivity contribution < 1.29 is 47.7 Å². The molecule has 0 aliphatic carbocycles. The molecule has 0 saturated heterocycles. The van der Waals surface area contributed by atoms with Gasteiger partial charge in [0.1, 0.15) is 0 Å². The third-order valence-electron chi connectivity index (χ3n) is 2.82. The van der Waals surface area contributed by atoms with Gasteiger partial charge < -0.3 is 10.2 Å². The quantitative estimate of drug-likeness (QED) is 0.795. The number of benzene rings is 2. The van der Waals surface area contributed by atoms with E-state index in [9.17, 15) is 18.0 Å².